The molecule has 1 aliphatic rings. The Morgan fingerprint density at radius 1 is 1.00 bits per heavy atom. The molecule has 3 N–H and O–H groups in total. The first-order chi connectivity index (χ1) is 18.4. The summed E-state index contributed by atoms with van der Waals surface area (Å²) in [4.78, 5) is 36.9. The Bertz CT molecular complexity index is 1420. The van der Waals surface area contributed by atoms with E-state index in [1.54, 1.807) is 48.5 Å². The average molecular weight is 541 g/mol. The Balaban J connectivity index is 1.49. The summed E-state index contributed by atoms with van der Waals surface area (Å²) in [6.45, 7) is 1.90. The minimum Gasteiger partial charge on any atom is -0.495 e. The largest absolute Gasteiger partial charge is 0.495 e. The van der Waals surface area contributed by atoms with E-state index in [4.69, 9.17) is 4.74 Å². The van der Waals surface area contributed by atoms with Crippen LogP contribution in [-0.4, -0.2) is 36.2 Å². The summed E-state index contributed by atoms with van der Waals surface area (Å²) in [6.07, 6.45) is -7.05. The molecule has 0 aliphatic heterocycles. The molecule has 1 aliphatic carbocycles. The van der Waals surface area contributed by atoms with Gasteiger partial charge in [-0.2, -0.15) is 13.2 Å². The topological polar surface area (TPSA) is 105 Å². The lowest BCUT2D eigenvalue weighted by molar-refractivity contribution is -0.160. The van der Waals surface area contributed by atoms with Gasteiger partial charge in [-0.25, -0.2) is 4.79 Å². The van der Waals surface area contributed by atoms with Crippen LogP contribution < -0.4 is 15.4 Å². The van der Waals surface area contributed by atoms with E-state index < -0.39 is 42.2 Å². The van der Waals surface area contributed by atoms with Crippen LogP contribution in [0, 0.1) is 12.3 Å². The highest BCUT2D eigenvalue weighted by molar-refractivity contribution is 6.05. The Kier molecular flexibility index (Phi) is 7.67. The van der Waals surface area contributed by atoms with Gasteiger partial charge < -0.3 is 20.5 Å². The third-order valence-corrected chi connectivity index (χ3v) is 6.81. The molecular formula is C29H27F3N2O5. The van der Waals surface area contributed by atoms with Crippen molar-refractivity contribution in [3.8, 4) is 16.9 Å². The van der Waals surface area contributed by atoms with E-state index in [0.717, 1.165) is 16.7 Å². The molecule has 0 heterocycles. The second kappa shape index (κ2) is 10.8. The van der Waals surface area contributed by atoms with Gasteiger partial charge in [-0.3, -0.25) is 9.59 Å². The fourth-order valence-corrected chi connectivity index (χ4v) is 5.00. The molecule has 0 fully saturated rings. The first-order valence-electron chi connectivity index (χ1n) is 12.2. The molecule has 0 radical (unpaired) electrons. The van der Waals surface area contributed by atoms with Gasteiger partial charge in [0.25, 0.3) is 0 Å². The number of ketones is 1. The number of carboxylic acid groups (broad SMARTS) is 1. The standard InChI is InChI=1S/C29H27F3N2O5/c1-17-3-10-24(39-2)23(13-17)34-27(38)33-21-7-4-18(5-8-21)19-6-9-22-20(14-19)11-12-28(26(22)37,15-25(35)36)16-29(30,31)32/h3-10,13-14H,11-12,15-16H2,1-2H3,(H,35,36)(H2,33,34,38). The number of anilines is 2. The Morgan fingerprint density at radius 2 is 1.69 bits per heavy atom. The zero-order valence-corrected chi connectivity index (χ0v) is 21.3. The number of carbonyl (C=O) groups is 3. The summed E-state index contributed by atoms with van der Waals surface area (Å²) in [7, 11) is 1.51. The van der Waals surface area contributed by atoms with E-state index in [2.05, 4.69) is 10.6 Å². The van der Waals surface area contributed by atoms with Crippen LogP contribution in [0.15, 0.2) is 60.7 Å². The molecular weight excluding hydrogens is 513 g/mol. The summed E-state index contributed by atoms with van der Waals surface area (Å²) in [5, 5.41) is 14.7. The second-order valence-corrected chi connectivity index (χ2v) is 9.70. The quantitative estimate of drug-likeness (QED) is 0.304. The van der Waals surface area contributed by atoms with Crippen LogP contribution in [0.25, 0.3) is 11.1 Å². The summed E-state index contributed by atoms with van der Waals surface area (Å²) >= 11 is 0. The van der Waals surface area contributed by atoms with Gasteiger partial charge in [0.2, 0.25) is 0 Å². The highest BCUT2D eigenvalue weighted by Crippen LogP contribution is 2.46. The zero-order chi connectivity index (χ0) is 28.4. The van der Waals surface area contributed by atoms with Crippen molar-refractivity contribution in [2.75, 3.05) is 17.7 Å². The van der Waals surface area contributed by atoms with Crippen molar-refractivity contribution in [1.29, 1.82) is 0 Å². The lowest BCUT2D eigenvalue weighted by Gasteiger charge is -2.36. The molecule has 1 atom stereocenters. The van der Waals surface area contributed by atoms with Gasteiger partial charge in [-0.05, 0) is 66.3 Å². The van der Waals surface area contributed by atoms with Gasteiger partial charge >= 0.3 is 18.2 Å². The summed E-state index contributed by atoms with van der Waals surface area (Å²) in [6, 6.07) is 16.7. The van der Waals surface area contributed by atoms with Crippen molar-refractivity contribution >= 4 is 29.2 Å². The van der Waals surface area contributed by atoms with Crippen LogP contribution in [0.4, 0.5) is 29.3 Å². The molecule has 0 saturated carbocycles. The first-order valence-corrected chi connectivity index (χ1v) is 12.2. The van der Waals surface area contributed by atoms with E-state index in [1.165, 1.54) is 13.2 Å². The molecule has 0 saturated heterocycles. The van der Waals surface area contributed by atoms with Gasteiger partial charge in [0.15, 0.2) is 5.78 Å². The van der Waals surface area contributed by atoms with Crippen molar-refractivity contribution in [2.45, 2.75) is 38.8 Å². The number of urea groups is 1. The number of alkyl halides is 3. The predicted octanol–water partition coefficient (Wildman–Crippen LogP) is 6.86. The number of rotatable bonds is 7. The van der Waals surface area contributed by atoms with E-state index in [-0.39, 0.29) is 18.4 Å². The molecule has 10 heteroatoms. The number of carboxylic acids is 1. The molecule has 3 aromatic rings. The predicted molar refractivity (Wildman–Crippen MR) is 140 cm³/mol. The van der Waals surface area contributed by atoms with E-state index in [1.807, 2.05) is 13.0 Å². The number of halogens is 3. The number of Topliss-reactive ketones (excluding diaryl/α,β-unsaturated/α-hetero) is 1. The van der Waals surface area contributed by atoms with E-state index >= 15 is 0 Å². The van der Waals surface area contributed by atoms with Crippen molar-refractivity contribution in [3.63, 3.8) is 0 Å². The first kappa shape index (κ1) is 27.7. The highest BCUT2D eigenvalue weighted by Gasteiger charge is 2.50. The number of aryl methyl sites for hydroxylation is 2. The van der Waals surface area contributed by atoms with Crippen LogP contribution in [0.3, 0.4) is 0 Å². The molecule has 1 unspecified atom stereocenters. The van der Waals surface area contributed by atoms with Crippen LogP contribution in [0.2, 0.25) is 0 Å². The fourth-order valence-electron chi connectivity index (χ4n) is 5.00. The van der Waals surface area contributed by atoms with Crippen molar-refractivity contribution in [3.05, 3.63) is 77.4 Å². The Hall–Kier alpha value is -4.34. The van der Waals surface area contributed by atoms with Gasteiger partial charge in [-0.15, -0.1) is 0 Å². The Morgan fingerprint density at radius 3 is 2.33 bits per heavy atom. The lowest BCUT2D eigenvalue weighted by atomic mass is 9.66. The molecule has 39 heavy (non-hydrogen) atoms. The maximum atomic E-state index is 13.3. The van der Waals surface area contributed by atoms with Crippen LogP contribution in [0.1, 0.15) is 40.7 Å². The van der Waals surface area contributed by atoms with Gasteiger partial charge in [0.05, 0.1) is 31.1 Å². The fraction of sp³-hybridized carbons (Fsp3) is 0.276. The number of carbonyl (C=O) groups excluding carboxylic acids is 2. The highest BCUT2D eigenvalue weighted by atomic mass is 19.4. The molecule has 0 spiro atoms. The van der Waals surface area contributed by atoms with Crippen molar-refractivity contribution in [1.82, 2.24) is 0 Å². The lowest BCUT2D eigenvalue weighted by Crippen LogP contribution is -2.41. The van der Waals surface area contributed by atoms with Crippen LogP contribution >= 0.6 is 0 Å². The minimum atomic E-state index is -4.67. The normalized spacial score (nSPS) is 16.8. The maximum Gasteiger partial charge on any atom is 0.390 e. The number of aliphatic carboxylic acids is 1. The molecule has 204 valence electrons. The van der Waals surface area contributed by atoms with Crippen molar-refractivity contribution in [2.24, 2.45) is 5.41 Å². The third-order valence-electron chi connectivity index (χ3n) is 6.81. The van der Waals surface area contributed by atoms with Crippen LogP contribution in [0.5, 0.6) is 5.75 Å². The number of amides is 2. The SMILES string of the molecule is COc1ccc(C)cc1NC(=O)Nc1ccc(-c2ccc3c(c2)CCC(CC(=O)O)(CC(F)(F)F)C3=O)cc1. The van der Waals surface area contributed by atoms with Gasteiger partial charge in [-0.1, -0.05) is 36.4 Å². The Labute approximate surface area is 223 Å². The number of hydrogen-bond acceptors (Lipinski definition) is 4. The molecule has 2 amide bonds. The minimum absolute atomic E-state index is 0.122. The summed E-state index contributed by atoms with van der Waals surface area (Å²) in [5.74, 6) is -1.70. The van der Waals surface area contributed by atoms with E-state index in [9.17, 15) is 32.7 Å². The van der Waals surface area contributed by atoms with Gasteiger partial charge in [0, 0.05) is 11.3 Å². The number of hydrogen-bond donors (Lipinski definition) is 3. The molecule has 0 aromatic heterocycles. The van der Waals surface area contributed by atoms with Crippen molar-refractivity contribution < 1.29 is 37.4 Å². The maximum absolute atomic E-state index is 13.3. The number of ether oxygens (including phenoxy) is 1. The number of benzene rings is 3. The smallest absolute Gasteiger partial charge is 0.390 e. The summed E-state index contributed by atoms with van der Waals surface area (Å²) in [5.41, 5.74) is 2.22. The molecule has 7 nitrogen and oxygen atoms in total. The summed E-state index contributed by atoms with van der Waals surface area (Å²) < 4.78 is 45.1. The number of nitrogens with one attached hydrogen (secondary N) is 2. The van der Waals surface area contributed by atoms with E-state index in [0.29, 0.717) is 22.7 Å². The second-order valence-electron chi connectivity index (χ2n) is 9.70. The zero-order valence-electron chi connectivity index (χ0n) is 21.3. The molecule has 4 rings (SSSR count). The monoisotopic (exact) mass is 540 g/mol. The number of fused-ring (bicyclic) bond motifs is 1. The number of methoxy groups -OCH3 is 1. The van der Waals surface area contributed by atoms with Gasteiger partial charge in [0.1, 0.15) is 5.75 Å². The average Bonchev–Trinajstić information content (AvgIpc) is 2.85. The third kappa shape index (κ3) is 6.39. The van der Waals surface area contributed by atoms with Crippen LogP contribution in [-0.2, 0) is 11.2 Å². The molecule has 3 aromatic carbocycles. The molecule has 0 bridgehead atoms.